The van der Waals surface area contributed by atoms with Crippen LogP contribution in [0.15, 0.2) is 0 Å². The van der Waals surface area contributed by atoms with Gasteiger partial charge in [-0.25, -0.2) is 0 Å². The summed E-state index contributed by atoms with van der Waals surface area (Å²) in [4.78, 5) is 22.3. The van der Waals surface area contributed by atoms with E-state index in [1.807, 2.05) is 0 Å². The Morgan fingerprint density at radius 1 is 1.29 bits per heavy atom. The van der Waals surface area contributed by atoms with E-state index in [2.05, 4.69) is 5.32 Å². The zero-order valence-corrected chi connectivity index (χ0v) is 10.8. The van der Waals surface area contributed by atoms with Crippen LogP contribution in [0.2, 0.25) is 0 Å². The van der Waals surface area contributed by atoms with Gasteiger partial charge in [0.2, 0.25) is 5.91 Å². The highest BCUT2D eigenvalue weighted by Crippen LogP contribution is 2.28. The Morgan fingerprint density at radius 3 is 2.41 bits per heavy atom. The molecule has 0 saturated heterocycles. The first-order valence-corrected chi connectivity index (χ1v) is 6.42. The summed E-state index contributed by atoms with van der Waals surface area (Å²) in [5.41, 5.74) is -0.654. The standard InChI is InChI=1S/C13H23NO3/c1-13(2,9-12(16)17)14-11(15)8-7-10-5-3-4-6-10/h10H,3-9H2,1-2H3,(H,14,15)(H,16,17). The lowest BCUT2D eigenvalue weighted by Gasteiger charge is -2.24. The Balaban J connectivity index is 2.25. The van der Waals surface area contributed by atoms with Gasteiger partial charge < -0.3 is 10.4 Å². The number of aliphatic carboxylic acids is 1. The molecule has 0 aromatic rings. The third-order valence-corrected chi connectivity index (χ3v) is 3.33. The number of carbonyl (C=O) groups excluding carboxylic acids is 1. The molecule has 0 aromatic carbocycles. The van der Waals surface area contributed by atoms with Crippen LogP contribution in [-0.2, 0) is 9.59 Å². The summed E-state index contributed by atoms with van der Waals surface area (Å²) in [5, 5.41) is 11.5. The van der Waals surface area contributed by atoms with Crippen molar-refractivity contribution in [2.75, 3.05) is 0 Å². The van der Waals surface area contributed by atoms with Crippen LogP contribution in [0.1, 0.15) is 58.8 Å². The second-order valence-electron chi connectivity index (χ2n) is 5.69. The number of hydrogen-bond acceptors (Lipinski definition) is 2. The van der Waals surface area contributed by atoms with Gasteiger partial charge in [0.05, 0.1) is 6.42 Å². The van der Waals surface area contributed by atoms with Gasteiger partial charge in [0, 0.05) is 12.0 Å². The fraction of sp³-hybridized carbons (Fsp3) is 0.846. The fourth-order valence-electron chi connectivity index (χ4n) is 2.50. The van der Waals surface area contributed by atoms with Gasteiger partial charge >= 0.3 is 5.97 Å². The van der Waals surface area contributed by atoms with E-state index in [9.17, 15) is 9.59 Å². The third kappa shape index (κ3) is 5.71. The van der Waals surface area contributed by atoms with Gasteiger partial charge in [-0.15, -0.1) is 0 Å². The number of carboxylic acid groups (broad SMARTS) is 1. The van der Waals surface area contributed by atoms with Crippen LogP contribution in [0.25, 0.3) is 0 Å². The van der Waals surface area contributed by atoms with Gasteiger partial charge in [0.1, 0.15) is 0 Å². The number of carbonyl (C=O) groups is 2. The van der Waals surface area contributed by atoms with E-state index in [-0.39, 0.29) is 12.3 Å². The van der Waals surface area contributed by atoms with Crippen LogP contribution >= 0.6 is 0 Å². The quantitative estimate of drug-likeness (QED) is 0.750. The number of amides is 1. The van der Waals surface area contributed by atoms with Crippen molar-refractivity contribution in [3.05, 3.63) is 0 Å². The molecule has 1 aliphatic rings. The molecule has 1 fully saturated rings. The van der Waals surface area contributed by atoms with Crippen LogP contribution in [0.5, 0.6) is 0 Å². The molecule has 1 amide bonds. The molecule has 0 radical (unpaired) electrons. The summed E-state index contributed by atoms with van der Waals surface area (Å²) in [5.74, 6) is -0.211. The van der Waals surface area contributed by atoms with Crippen LogP contribution < -0.4 is 5.32 Å². The normalized spacial score (nSPS) is 17.1. The highest BCUT2D eigenvalue weighted by molar-refractivity contribution is 5.78. The van der Waals surface area contributed by atoms with E-state index in [1.165, 1.54) is 25.7 Å². The van der Waals surface area contributed by atoms with E-state index in [1.54, 1.807) is 13.8 Å². The highest BCUT2D eigenvalue weighted by Gasteiger charge is 2.24. The molecule has 0 unspecified atom stereocenters. The second kappa shape index (κ2) is 6.03. The zero-order valence-electron chi connectivity index (χ0n) is 10.8. The van der Waals surface area contributed by atoms with Crippen molar-refractivity contribution in [2.45, 2.75) is 64.3 Å². The molecule has 1 saturated carbocycles. The zero-order chi connectivity index (χ0) is 12.9. The molecule has 0 aliphatic heterocycles. The number of nitrogens with one attached hydrogen (secondary N) is 1. The Bertz CT molecular complexity index is 280. The van der Waals surface area contributed by atoms with Gasteiger partial charge in [-0.2, -0.15) is 0 Å². The number of rotatable bonds is 6. The van der Waals surface area contributed by atoms with E-state index in [4.69, 9.17) is 5.11 Å². The molecular weight excluding hydrogens is 218 g/mol. The summed E-state index contributed by atoms with van der Waals surface area (Å²) in [6.45, 7) is 3.49. The van der Waals surface area contributed by atoms with Gasteiger partial charge in [0.15, 0.2) is 0 Å². The van der Waals surface area contributed by atoms with Gasteiger partial charge in [-0.05, 0) is 26.2 Å². The predicted molar refractivity (Wildman–Crippen MR) is 65.7 cm³/mol. The molecule has 4 nitrogen and oxygen atoms in total. The molecule has 0 atom stereocenters. The first-order chi connectivity index (χ1) is 7.89. The van der Waals surface area contributed by atoms with Crippen LogP contribution in [-0.4, -0.2) is 22.5 Å². The lowest BCUT2D eigenvalue weighted by atomic mass is 9.98. The fourth-order valence-corrected chi connectivity index (χ4v) is 2.50. The van der Waals surface area contributed by atoms with Gasteiger partial charge in [-0.3, -0.25) is 9.59 Å². The maximum absolute atomic E-state index is 11.7. The highest BCUT2D eigenvalue weighted by atomic mass is 16.4. The smallest absolute Gasteiger partial charge is 0.305 e. The van der Waals surface area contributed by atoms with Crippen LogP contribution in [0, 0.1) is 5.92 Å². The summed E-state index contributed by atoms with van der Waals surface area (Å²) in [7, 11) is 0. The number of carboxylic acids is 1. The molecule has 98 valence electrons. The minimum Gasteiger partial charge on any atom is -0.481 e. The largest absolute Gasteiger partial charge is 0.481 e. The molecule has 1 aliphatic carbocycles. The first-order valence-electron chi connectivity index (χ1n) is 6.42. The van der Waals surface area contributed by atoms with Crippen molar-refractivity contribution in [3.63, 3.8) is 0 Å². The van der Waals surface area contributed by atoms with Crippen molar-refractivity contribution in [1.82, 2.24) is 5.32 Å². The van der Waals surface area contributed by atoms with Crippen molar-refractivity contribution >= 4 is 11.9 Å². The van der Waals surface area contributed by atoms with Crippen LogP contribution in [0.3, 0.4) is 0 Å². The maximum Gasteiger partial charge on any atom is 0.305 e. The summed E-state index contributed by atoms with van der Waals surface area (Å²) in [6.07, 6.45) is 6.48. The average Bonchev–Trinajstić information content (AvgIpc) is 2.63. The molecule has 0 heterocycles. The first kappa shape index (κ1) is 14.0. The van der Waals surface area contributed by atoms with E-state index < -0.39 is 11.5 Å². The molecular formula is C13H23NO3. The van der Waals surface area contributed by atoms with E-state index >= 15 is 0 Å². The van der Waals surface area contributed by atoms with Crippen molar-refractivity contribution in [2.24, 2.45) is 5.92 Å². The third-order valence-electron chi connectivity index (χ3n) is 3.33. The molecule has 0 bridgehead atoms. The molecule has 0 aromatic heterocycles. The summed E-state index contributed by atoms with van der Waals surface area (Å²) >= 11 is 0. The topological polar surface area (TPSA) is 66.4 Å². The molecule has 0 spiro atoms. The summed E-state index contributed by atoms with van der Waals surface area (Å²) < 4.78 is 0. The van der Waals surface area contributed by atoms with Crippen molar-refractivity contribution in [1.29, 1.82) is 0 Å². The van der Waals surface area contributed by atoms with Crippen molar-refractivity contribution in [3.8, 4) is 0 Å². The Hall–Kier alpha value is -1.06. The SMILES string of the molecule is CC(C)(CC(=O)O)NC(=O)CCC1CCCC1. The van der Waals surface area contributed by atoms with Crippen molar-refractivity contribution < 1.29 is 14.7 Å². The van der Waals surface area contributed by atoms with E-state index in [0.29, 0.717) is 12.3 Å². The maximum atomic E-state index is 11.7. The minimum absolute atomic E-state index is 0.0249. The summed E-state index contributed by atoms with van der Waals surface area (Å²) in [6, 6.07) is 0. The second-order valence-corrected chi connectivity index (χ2v) is 5.69. The molecule has 17 heavy (non-hydrogen) atoms. The van der Waals surface area contributed by atoms with Gasteiger partial charge in [-0.1, -0.05) is 25.7 Å². The number of hydrogen-bond donors (Lipinski definition) is 2. The average molecular weight is 241 g/mol. The van der Waals surface area contributed by atoms with Crippen LogP contribution in [0.4, 0.5) is 0 Å². The Kier molecular flexibility index (Phi) is 4.97. The minimum atomic E-state index is -0.883. The van der Waals surface area contributed by atoms with E-state index in [0.717, 1.165) is 6.42 Å². The molecule has 4 heteroatoms. The Labute approximate surface area is 103 Å². The lowest BCUT2D eigenvalue weighted by Crippen LogP contribution is -2.44. The lowest BCUT2D eigenvalue weighted by molar-refractivity contribution is -0.138. The predicted octanol–water partition coefficient (Wildman–Crippen LogP) is 2.33. The van der Waals surface area contributed by atoms with Gasteiger partial charge in [0.25, 0.3) is 0 Å². The molecule has 2 N–H and O–H groups in total. The Morgan fingerprint density at radius 2 is 1.88 bits per heavy atom. The molecule has 1 rings (SSSR count). The monoisotopic (exact) mass is 241 g/mol.